The van der Waals surface area contributed by atoms with E-state index in [-0.39, 0.29) is 12.5 Å². The van der Waals surface area contributed by atoms with E-state index in [1.807, 2.05) is 6.07 Å². The lowest BCUT2D eigenvalue weighted by molar-refractivity contribution is -0.132. The van der Waals surface area contributed by atoms with Crippen molar-refractivity contribution in [2.24, 2.45) is 0 Å². The molecule has 2 aromatic heterocycles. The molecule has 0 unspecified atom stereocenters. The summed E-state index contributed by atoms with van der Waals surface area (Å²) in [6.07, 6.45) is 5.01. The summed E-state index contributed by atoms with van der Waals surface area (Å²) in [4.78, 5) is 36.8. The Morgan fingerprint density at radius 3 is 2.68 bits per heavy atom. The Morgan fingerprint density at radius 1 is 1.12 bits per heavy atom. The van der Waals surface area contributed by atoms with E-state index < -0.39 is 5.76 Å². The molecule has 1 amide bonds. The van der Waals surface area contributed by atoms with E-state index in [1.165, 1.54) is 4.57 Å². The third-order valence-electron chi connectivity index (χ3n) is 4.37. The van der Waals surface area contributed by atoms with Gasteiger partial charge in [-0.15, -0.1) is 0 Å². The molecule has 1 aromatic carbocycles. The summed E-state index contributed by atoms with van der Waals surface area (Å²) >= 11 is 0. The number of hydrogen-bond donors (Lipinski definition) is 0. The number of carbonyl (C=O) groups excluding carboxylic acids is 1. The lowest BCUT2D eigenvalue weighted by Gasteiger charge is -2.35. The zero-order chi connectivity index (χ0) is 17.2. The number of nitrogens with zero attached hydrogens (tertiary/aromatic N) is 5. The van der Waals surface area contributed by atoms with Crippen LogP contribution >= 0.6 is 0 Å². The Bertz CT molecular complexity index is 942. The van der Waals surface area contributed by atoms with Gasteiger partial charge in [0.05, 0.1) is 11.7 Å². The highest BCUT2D eigenvalue weighted by molar-refractivity contribution is 5.79. The zero-order valence-electron chi connectivity index (χ0n) is 13.5. The normalized spacial score (nSPS) is 14.9. The van der Waals surface area contributed by atoms with Crippen LogP contribution in [-0.2, 0) is 11.3 Å². The summed E-state index contributed by atoms with van der Waals surface area (Å²) in [7, 11) is 0. The van der Waals surface area contributed by atoms with Crippen molar-refractivity contribution in [1.82, 2.24) is 19.4 Å². The number of oxazole rings is 1. The van der Waals surface area contributed by atoms with Gasteiger partial charge in [-0.25, -0.2) is 9.78 Å². The van der Waals surface area contributed by atoms with E-state index in [4.69, 9.17) is 4.42 Å². The maximum absolute atomic E-state index is 12.6. The first-order valence-electron chi connectivity index (χ1n) is 8.09. The molecule has 8 heteroatoms. The second-order valence-corrected chi connectivity index (χ2v) is 5.85. The van der Waals surface area contributed by atoms with Crippen molar-refractivity contribution in [3.05, 3.63) is 53.4 Å². The third kappa shape index (κ3) is 2.98. The minimum absolute atomic E-state index is 0.0129. The number of carbonyl (C=O) groups is 1. The summed E-state index contributed by atoms with van der Waals surface area (Å²) < 4.78 is 6.56. The number of amides is 1. The van der Waals surface area contributed by atoms with Gasteiger partial charge in [-0.05, 0) is 12.1 Å². The predicted molar refractivity (Wildman–Crippen MR) is 91.3 cm³/mol. The van der Waals surface area contributed by atoms with Crippen LogP contribution in [0.1, 0.15) is 0 Å². The fourth-order valence-electron chi connectivity index (χ4n) is 3.04. The highest BCUT2D eigenvalue weighted by atomic mass is 16.4. The fourth-order valence-corrected chi connectivity index (χ4v) is 3.04. The van der Waals surface area contributed by atoms with E-state index in [1.54, 1.807) is 41.7 Å². The quantitative estimate of drug-likeness (QED) is 0.699. The first-order valence-corrected chi connectivity index (χ1v) is 8.09. The SMILES string of the molecule is O=C(Cn1c(=O)oc2ccccc21)N1CCN(c2cnccn2)CC1. The molecule has 1 aliphatic rings. The van der Waals surface area contributed by atoms with Crippen LogP contribution in [0, 0.1) is 0 Å². The van der Waals surface area contributed by atoms with Crippen molar-refractivity contribution in [3.8, 4) is 0 Å². The lowest BCUT2D eigenvalue weighted by atomic mass is 10.3. The molecular weight excluding hydrogens is 322 g/mol. The predicted octanol–water partition coefficient (Wildman–Crippen LogP) is 0.733. The van der Waals surface area contributed by atoms with Crippen LogP contribution in [0.2, 0.25) is 0 Å². The average molecular weight is 339 g/mol. The number of para-hydroxylation sites is 2. The van der Waals surface area contributed by atoms with Gasteiger partial charge in [-0.1, -0.05) is 12.1 Å². The van der Waals surface area contributed by atoms with Crippen LogP contribution in [0.25, 0.3) is 11.1 Å². The summed E-state index contributed by atoms with van der Waals surface area (Å²) in [5, 5.41) is 0. The molecule has 3 aromatic rings. The highest BCUT2D eigenvalue weighted by Crippen LogP contribution is 2.14. The van der Waals surface area contributed by atoms with Gasteiger partial charge in [-0.2, -0.15) is 0 Å². The number of rotatable bonds is 3. The Hall–Kier alpha value is -3.16. The summed E-state index contributed by atoms with van der Waals surface area (Å²) in [6.45, 7) is 2.53. The van der Waals surface area contributed by atoms with Crippen molar-refractivity contribution < 1.29 is 9.21 Å². The standard InChI is InChI=1S/C17H17N5O3/c23-16(12-22-13-3-1-2-4-14(13)25-17(22)24)21-9-7-20(8-10-21)15-11-18-5-6-19-15/h1-6,11H,7-10,12H2. The van der Waals surface area contributed by atoms with Gasteiger partial charge >= 0.3 is 5.76 Å². The highest BCUT2D eigenvalue weighted by Gasteiger charge is 2.23. The van der Waals surface area contributed by atoms with Crippen LogP contribution < -0.4 is 10.7 Å². The van der Waals surface area contributed by atoms with Crippen LogP contribution in [-0.4, -0.2) is 51.5 Å². The van der Waals surface area contributed by atoms with Gasteiger partial charge in [-0.3, -0.25) is 14.3 Å². The van der Waals surface area contributed by atoms with Gasteiger partial charge in [0.15, 0.2) is 5.58 Å². The second kappa shape index (κ2) is 6.39. The summed E-state index contributed by atoms with van der Waals surface area (Å²) in [6, 6.07) is 7.11. The van der Waals surface area contributed by atoms with Crippen molar-refractivity contribution >= 4 is 22.8 Å². The molecule has 0 N–H and O–H groups in total. The number of hydrogen-bond acceptors (Lipinski definition) is 6. The molecule has 1 aliphatic heterocycles. The number of fused-ring (bicyclic) bond motifs is 1. The molecule has 25 heavy (non-hydrogen) atoms. The smallest absolute Gasteiger partial charge is 0.408 e. The van der Waals surface area contributed by atoms with Gasteiger partial charge in [0.2, 0.25) is 5.91 Å². The van der Waals surface area contributed by atoms with Crippen molar-refractivity contribution in [3.63, 3.8) is 0 Å². The molecule has 1 saturated heterocycles. The van der Waals surface area contributed by atoms with Gasteiger partial charge in [0, 0.05) is 38.6 Å². The lowest BCUT2D eigenvalue weighted by Crippen LogP contribution is -2.50. The van der Waals surface area contributed by atoms with Crippen molar-refractivity contribution in [1.29, 1.82) is 0 Å². The van der Waals surface area contributed by atoms with E-state index in [9.17, 15) is 9.59 Å². The Kier molecular flexibility index (Phi) is 3.93. The molecular formula is C17H17N5O3. The number of anilines is 1. The zero-order valence-corrected chi connectivity index (χ0v) is 13.5. The fraction of sp³-hybridized carbons (Fsp3) is 0.294. The summed E-state index contributed by atoms with van der Waals surface area (Å²) in [5.74, 6) is 0.215. The molecule has 0 aliphatic carbocycles. The molecule has 1 fully saturated rings. The molecule has 8 nitrogen and oxygen atoms in total. The molecule has 128 valence electrons. The van der Waals surface area contributed by atoms with Gasteiger partial charge in [0.25, 0.3) is 0 Å². The van der Waals surface area contributed by atoms with Crippen LogP contribution in [0.5, 0.6) is 0 Å². The minimum Gasteiger partial charge on any atom is -0.408 e. The topological polar surface area (TPSA) is 84.5 Å². The molecule has 0 radical (unpaired) electrons. The Labute approximate surface area is 143 Å². The van der Waals surface area contributed by atoms with Gasteiger partial charge in [0.1, 0.15) is 12.4 Å². The summed E-state index contributed by atoms with van der Waals surface area (Å²) in [5.41, 5.74) is 1.13. The third-order valence-corrected chi connectivity index (χ3v) is 4.37. The number of benzene rings is 1. The van der Waals surface area contributed by atoms with E-state index in [0.717, 1.165) is 5.82 Å². The second-order valence-electron chi connectivity index (χ2n) is 5.85. The van der Waals surface area contributed by atoms with Crippen LogP contribution in [0.3, 0.4) is 0 Å². The molecule has 0 spiro atoms. The number of aromatic nitrogens is 3. The van der Waals surface area contributed by atoms with Gasteiger partial charge < -0.3 is 14.2 Å². The van der Waals surface area contributed by atoms with Crippen LogP contribution in [0.4, 0.5) is 5.82 Å². The van der Waals surface area contributed by atoms with E-state index >= 15 is 0 Å². The molecule has 0 saturated carbocycles. The Morgan fingerprint density at radius 2 is 1.92 bits per heavy atom. The minimum atomic E-state index is -0.507. The Balaban J connectivity index is 1.44. The molecule has 0 atom stereocenters. The van der Waals surface area contributed by atoms with Crippen molar-refractivity contribution in [2.45, 2.75) is 6.54 Å². The first kappa shape index (κ1) is 15.4. The number of piperazine rings is 1. The molecule has 4 rings (SSSR count). The van der Waals surface area contributed by atoms with E-state index in [2.05, 4.69) is 14.9 Å². The molecule has 0 bridgehead atoms. The first-order chi connectivity index (χ1) is 12.2. The van der Waals surface area contributed by atoms with Crippen LogP contribution in [0.15, 0.2) is 52.1 Å². The average Bonchev–Trinajstić information content (AvgIpc) is 2.98. The maximum Gasteiger partial charge on any atom is 0.420 e. The molecule has 3 heterocycles. The van der Waals surface area contributed by atoms with Crippen molar-refractivity contribution in [2.75, 3.05) is 31.1 Å². The maximum atomic E-state index is 12.6. The largest absolute Gasteiger partial charge is 0.420 e. The monoisotopic (exact) mass is 339 g/mol. The van der Waals surface area contributed by atoms with E-state index in [0.29, 0.717) is 37.3 Å².